The minimum absolute atomic E-state index is 0.167. The maximum atomic E-state index is 13.5. The van der Waals surface area contributed by atoms with Crippen molar-refractivity contribution < 1.29 is 13.2 Å². The molecule has 0 fully saturated rings. The molecule has 0 unspecified atom stereocenters. The van der Waals surface area contributed by atoms with Gasteiger partial charge in [-0.1, -0.05) is 65.2 Å². The Morgan fingerprint density at radius 2 is 1.52 bits per heavy atom. The summed E-state index contributed by atoms with van der Waals surface area (Å²) in [4.78, 5) is 13.0. The molecule has 0 aliphatic heterocycles. The lowest BCUT2D eigenvalue weighted by Crippen LogP contribution is -2.41. The van der Waals surface area contributed by atoms with E-state index in [0.29, 0.717) is 12.2 Å². The van der Waals surface area contributed by atoms with Crippen molar-refractivity contribution in [3.05, 3.63) is 94.5 Å². The maximum Gasteiger partial charge on any atom is 0.264 e. The van der Waals surface area contributed by atoms with Crippen LogP contribution in [0.5, 0.6) is 0 Å². The van der Waals surface area contributed by atoms with Crippen LogP contribution in [0.2, 0.25) is 0 Å². The summed E-state index contributed by atoms with van der Waals surface area (Å²) in [6.07, 6.45) is 1.63. The van der Waals surface area contributed by atoms with Crippen molar-refractivity contribution in [3.8, 4) is 0 Å². The van der Waals surface area contributed by atoms with E-state index in [-0.39, 0.29) is 17.3 Å². The number of carbonyl (C=O) groups excluding carboxylic acids is 1. The second-order valence-corrected chi connectivity index (χ2v) is 10.4. The number of amides is 1. The van der Waals surface area contributed by atoms with Crippen LogP contribution in [-0.4, -0.2) is 27.4 Å². The van der Waals surface area contributed by atoms with Crippen molar-refractivity contribution >= 4 is 21.6 Å². The zero-order chi connectivity index (χ0) is 24.0. The van der Waals surface area contributed by atoms with Crippen molar-refractivity contribution in [1.29, 1.82) is 0 Å². The van der Waals surface area contributed by atoms with Crippen molar-refractivity contribution in [3.63, 3.8) is 0 Å². The number of nitrogens with zero attached hydrogens (tertiary/aromatic N) is 1. The van der Waals surface area contributed by atoms with Gasteiger partial charge < -0.3 is 5.32 Å². The highest BCUT2D eigenvalue weighted by atomic mass is 32.2. The minimum atomic E-state index is -3.91. The van der Waals surface area contributed by atoms with E-state index in [1.165, 1.54) is 15.4 Å². The van der Waals surface area contributed by atoms with E-state index in [4.69, 9.17) is 0 Å². The van der Waals surface area contributed by atoms with Crippen LogP contribution >= 0.6 is 0 Å². The Labute approximate surface area is 197 Å². The zero-order valence-corrected chi connectivity index (χ0v) is 20.6. The number of aryl methyl sites for hydroxylation is 5. The van der Waals surface area contributed by atoms with E-state index in [9.17, 15) is 13.2 Å². The number of rotatable bonds is 9. The summed E-state index contributed by atoms with van der Waals surface area (Å²) in [6.45, 7) is 7.99. The molecule has 0 heterocycles. The summed E-state index contributed by atoms with van der Waals surface area (Å²) < 4.78 is 28.2. The van der Waals surface area contributed by atoms with Crippen molar-refractivity contribution in [1.82, 2.24) is 5.32 Å². The van der Waals surface area contributed by atoms with Gasteiger partial charge in [-0.05, 0) is 69.9 Å². The molecule has 0 radical (unpaired) electrons. The van der Waals surface area contributed by atoms with E-state index >= 15 is 0 Å². The molecule has 0 atom stereocenters. The van der Waals surface area contributed by atoms with Crippen LogP contribution in [0, 0.1) is 27.7 Å². The van der Waals surface area contributed by atoms with Crippen LogP contribution in [0.15, 0.2) is 71.6 Å². The van der Waals surface area contributed by atoms with Gasteiger partial charge in [0.25, 0.3) is 10.0 Å². The van der Waals surface area contributed by atoms with Gasteiger partial charge in [-0.2, -0.15) is 0 Å². The molecule has 0 spiro atoms. The first-order valence-electron chi connectivity index (χ1n) is 11.2. The number of hydrogen-bond acceptors (Lipinski definition) is 3. The monoisotopic (exact) mass is 464 g/mol. The molecule has 1 amide bonds. The molecule has 0 aromatic heterocycles. The SMILES string of the molecule is Cc1ccc(S(=O)(=O)N(CC(=O)NCCCc2cccc(C)c2)c2ccc(C)cc2C)cc1. The molecule has 0 bridgehead atoms. The normalized spacial score (nSPS) is 11.3. The molecular formula is C27H32N2O3S. The smallest absolute Gasteiger partial charge is 0.264 e. The standard InChI is InChI=1S/C27H32N2O3S/c1-20-10-13-25(14-11-20)33(31,32)29(26-15-12-22(3)17-23(26)4)19-27(30)28-16-6-9-24-8-5-7-21(2)18-24/h5,7-8,10-15,17-18H,6,9,16,19H2,1-4H3,(H,28,30). The van der Waals surface area contributed by atoms with Gasteiger partial charge in [0.1, 0.15) is 6.54 Å². The van der Waals surface area contributed by atoms with Gasteiger partial charge in [-0.3, -0.25) is 9.10 Å². The molecule has 6 heteroatoms. The Morgan fingerprint density at radius 3 is 2.18 bits per heavy atom. The average molecular weight is 465 g/mol. The van der Waals surface area contributed by atoms with E-state index < -0.39 is 10.0 Å². The molecule has 5 nitrogen and oxygen atoms in total. The van der Waals surface area contributed by atoms with Gasteiger partial charge in [0, 0.05) is 6.54 Å². The predicted octanol–water partition coefficient (Wildman–Crippen LogP) is 4.86. The number of sulfonamides is 1. The number of hydrogen-bond donors (Lipinski definition) is 1. The predicted molar refractivity (Wildman–Crippen MR) is 134 cm³/mol. The summed E-state index contributed by atoms with van der Waals surface area (Å²) in [5.74, 6) is -0.324. The quantitative estimate of drug-likeness (QED) is 0.460. The second kappa shape index (κ2) is 10.7. The zero-order valence-electron chi connectivity index (χ0n) is 19.8. The average Bonchev–Trinajstić information content (AvgIpc) is 2.76. The number of carbonyl (C=O) groups is 1. The molecule has 0 aliphatic carbocycles. The molecular weight excluding hydrogens is 432 g/mol. The van der Waals surface area contributed by atoms with E-state index in [0.717, 1.165) is 29.5 Å². The highest BCUT2D eigenvalue weighted by Gasteiger charge is 2.28. The Bertz CT molecular complexity index is 1220. The summed E-state index contributed by atoms with van der Waals surface area (Å²) in [7, 11) is -3.91. The first-order chi connectivity index (χ1) is 15.7. The van der Waals surface area contributed by atoms with Crippen molar-refractivity contribution in [2.75, 3.05) is 17.4 Å². The summed E-state index contributed by atoms with van der Waals surface area (Å²) in [5.41, 5.74) is 5.75. The van der Waals surface area contributed by atoms with Crippen LogP contribution in [0.25, 0.3) is 0 Å². The molecule has 0 saturated carbocycles. The fraction of sp³-hybridized carbons (Fsp3) is 0.296. The topological polar surface area (TPSA) is 66.5 Å². The summed E-state index contributed by atoms with van der Waals surface area (Å²) in [5, 5.41) is 2.89. The fourth-order valence-corrected chi connectivity index (χ4v) is 5.28. The maximum absolute atomic E-state index is 13.5. The third-order valence-electron chi connectivity index (χ3n) is 5.56. The van der Waals surface area contributed by atoms with Crippen LogP contribution < -0.4 is 9.62 Å². The number of benzene rings is 3. The van der Waals surface area contributed by atoms with Crippen LogP contribution in [0.3, 0.4) is 0 Å². The van der Waals surface area contributed by atoms with Crippen LogP contribution in [0.1, 0.15) is 34.2 Å². The van der Waals surface area contributed by atoms with E-state index in [1.807, 2.05) is 39.0 Å². The lowest BCUT2D eigenvalue weighted by atomic mass is 10.1. The number of nitrogens with one attached hydrogen (secondary N) is 1. The molecule has 3 aromatic carbocycles. The van der Waals surface area contributed by atoms with E-state index in [2.05, 4.69) is 30.4 Å². The van der Waals surface area contributed by atoms with Gasteiger partial charge in [0.2, 0.25) is 5.91 Å². The first-order valence-corrected chi connectivity index (χ1v) is 12.6. The molecule has 33 heavy (non-hydrogen) atoms. The van der Waals surface area contributed by atoms with Crippen molar-refractivity contribution in [2.45, 2.75) is 45.4 Å². The molecule has 174 valence electrons. The Kier molecular flexibility index (Phi) is 7.92. The molecule has 3 aromatic rings. The van der Waals surface area contributed by atoms with E-state index in [1.54, 1.807) is 30.3 Å². The fourth-order valence-electron chi connectivity index (χ4n) is 3.80. The molecule has 1 N–H and O–H groups in total. The van der Waals surface area contributed by atoms with Gasteiger partial charge in [-0.25, -0.2) is 8.42 Å². The third-order valence-corrected chi connectivity index (χ3v) is 7.34. The van der Waals surface area contributed by atoms with Crippen LogP contribution in [-0.2, 0) is 21.2 Å². The minimum Gasteiger partial charge on any atom is -0.355 e. The Balaban J connectivity index is 1.75. The molecule has 0 saturated heterocycles. The largest absolute Gasteiger partial charge is 0.355 e. The van der Waals surface area contributed by atoms with Crippen LogP contribution in [0.4, 0.5) is 5.69 Å². The lowest BCUT2D eigenvalue weighted by Gasteiger charge is -2.26. The number of anilines is 1. The first kappa shape index (κ1) is 24.5. The Hall–Kier alpha value is -3.12. The molecule has 0 aliphatic rings. The van der Waals surface area contributed by atoms with Gasteiger partial charge in [0.15, 0.2) is 0 Å². The summed E-state index contributed by atoms with van der Waals surface area (Å²) >= 11 is 0. The highest BCUT2D eigenvalue weighted by Crippen LogP contribution is 2.27. The van der Waals surface area contributed by atoms with Gasteiger partial charge in [0.05, 0.1) is 10.6 Å². The lowest BCUT2D eigenvalue weighted by molar-refractivity contribution is -0.119. The van der Waals surface area contributed by atoms with Gasteiger partial charge >= 0.3 is 0 Å². The highest BCUT2D eigenvalue weighted by molar-refractivity contribution is 7.92. The second-order valence-electron chi connectivity index (χ2n) is 8.56. The third kappa shape index (κ3) is 6.45. The van der Waals surface area contributed by atoms with Crippen molar-refractivity contribution in [2.24, 2.45) is 0 Å². The van der Waals surface area contributed by atoms with Gasteiger partial charge in [-0.15, -0.1) is 0 Å². The Morgan fingerprint density at radius 1 is 0.848 bits per heavy atom. The summed E-state index contributed by atoms with van der Waals surface area (Å²) in [6, 6.07) is 20.5. The molecule has 3 rings (SSSR count).